The van der Waals surface area contributed by atoms with E-state index in [9.17, 15) is 4.79 Å². The summed E-state index contributed by atoms with van der Waals surface area (Å²) >= 11 is 0. The first-order valence-electron chi connectivity index (χ1n) is 6.78. The summed E-state index contributed by atoms with van der Waals surface area (Å²) in [6, 6.07) is 5.76. The topological polar surface area (TPSA) is 38.3 Å². The minimum atomic E-state index is -0.198. The maximum absolute atomic E-state index is 11.9. The third-order valence-electron chi connectivity index (χ3n) is 3.66. The molecule has 98 valence electrons. The smallest absolute Gasteiger partial charge is 0.338 e. The maximum Gasteiger partial charge on any atom is 0.338 e. The van der Waals surface area contributed by atoms with Crippen LogP contribution in [0.25, 0.3) is 0 Å². The Bertz CT molecular complexity index is 425. The van der Waals surface area contributed by atoms with Crippen LogP contribution < -0.4 is 5.32 Å². The summed E-state index contributed by atoms with van der Waals surface area (Å²) < 4.78 is 5.37. The number of benzene rings is 1. The Hall–Kier alpha value is -1.51. The minimum absolute atomic E-state index is 0.198. The molecule has 2 rings (SSSR count). The molecule has 1 aromatic carbocycles. The van der Waals surface area contributed by atoms with E-state index in [4.69, 9.17) is 4.74 Å². The van der Waals surface area contributed by atoms with Gasteiger partial charge in [-0.15, -0.1) is 0 Å². The molecule has 0 aliphatic carbocycles. The third-order valence-corrected chi connectivity index (χ3v) is 3.66. The van der Waals surface area contributed by atoms with Crippen molar-refractivity contribution in [2.75, 3.05) is 18.5 Å². The number of hydrogen-bond acceptors (Lipinski definition) is 3. The van der Waals surface area contributed by atoms with E-state index >= 15 is 0 Å². The molecule has 1 aliphatic heterocycles. The van der Waals surface area contributed by atoms with Gasteiger partial charge in [-0.05, 0) is 36.1 Å². The zero-order valence-corrected chi connectivity index (χ0v) is 11.2. The molecule has 0 spiro atoms. The molecule has 1 heterocycles. The quantitative estimate of drug-likeness (QED) is 0.812. The summed E-state index contributed by atoms with van der Waals surface area (Å²) in [6.07, 6.45) is 3.10. The highest BCUT2D eigenvalue weighted by Gasteiger charge is 2.15. The van der Waals surface area contributed by atoms with Gasteiger partial charge in [-0.3, -0.25) is 0 Å². The Morgan fingerprint density at radius 2 is 2.17 bits per heavy atom. The van der Waals surface area contributed by atoms with Gasteiger partial charge in [-0.2, -0.15) is 0 Å². The van der Waals surface area contributed by atoms with Crippen LogP contribution in [0.4, 0.5) is 5.69 Å². The summed E-state index contributed by atoms with van der Waals surface area (Å²) in [4.78, 5) is 11.9. The molecule has 0 saturated heterocycles. The van der Waals surface area contributed by atoms with Crippen LogP contribution >= 0.6 is 0 Å². The molecular formula is C15H21NO2. The van der Waals surface area contributed by atoms with Crippen LogP contribution in [0.5, 0.6) is 0 Å². The number of carbonyl (C=O) groups excluding carboxylic acids is 1. The van der Waals surface area contributed by atoms with Gasteiger partial charge in [0.15, 0.2) is 0 Å². The van der Waals surface area contributed by atoms with Gasteiger partial charge in [-0.25, -0.2) is 4.79 Å². The average molecular weight is 247 g/mol. The number of esters is 1. The standard InChI is InChI=1S/C15H21NO2/c1-3-11(4-2)10-18-15(17)13-5-6-14-12(9-13)7-8-16-14/h5-6,9,11,16H,3-4,7-8,10H2,1-2H3. The van der Waals surface area contributed by atoms with Crippen LogP contribution in [0.15, 0.2) is 18.2 Å². The Labute approximate surface area is 109 Å². The van der Waals surface area contributed by atoms with E-state index in [2.05, 4.69) is 19.2 Å². The normalized spacial score (nSPS) is 13.3. The van der Waals surface area contributed by atoms with Crippen LogP contribution in [0.2, 0.25) is 0 Å². The van der Waals surface area contributed by atoms with E-state index in [1.165, 1.54) is 5.56 Å². The molecule has 0 bridgehead atoms. The van der Waals surface area contributed by atoms with Crippen LogP contribution in [0.3, 0.4) is 0 Å². The van der Waals surface area contributed by atoms with Crippen molar-refractivity contribution in [1.29, 1.82) is 0 Å². The predicted octanol–water partition coefficient (Wildman–Crippen LogP) is 3.25. The Morgan fingerprint density at radius 1 is 1.39 bits per heavy atom. The Balaban J connectivity index is 1.97. The highest BCUT2D eigenvalue weighted by molar-refractivity contribution is 5.90. The van der Waals surface area contributed by atoms with Crippen molar-refractivity contribution >= 4 is 11.7 Å². The zero-order chi connectivity index (χ0) is 13.0. The van der Waals surface area contributed by atoms with Crippen LogP contribution in [-0.4, -0.2) is 19.1 Å². The van der Waals surface area contributed by atoms with Gasteiger partial charge in [-0.1, -0.05) is 26.7 Å². The van der Waals surface area contributed by atoms with Crippen molar-refractivity contribution in [3.63, 3.8) is 0 Å². The van der Waals surface area contributed by atoms with Gasteiger partial charge in [0.25, 0.3) is 0 Å². The van der Waals surface area contributed by atoms with E-state index in [0.29, 0.717) is 18.1 Å². The summed E-state index contributed by atoms with van der Waals surface area (Å²) in [7, 11) is 0. The van der Waals surface area contributed by atoms with Crippen LogP contribution in [-0.2, 0) is 11.2 Å². The number of anilines is 1. The first-order valence-corrected chi connectivity index (χ1v) is 6.78. The van der Waals surface area contributed by atoms with Crippen LogP contribution in [0, 0.1) is 5.92 Å². The van der Waals surface area contributed by atoms with Gasteiger partial charge >= 0.3 is 5.97 Å². The summed E-state index contributed by atoms with van der Waals surface area (Å²) in [5, 5.41) is 3.28. The van der Waals surface area contributed by atoms with Crippen molar-refractivity contribution in [2.24, 2.45) is 5.92 Å². The molecule has 0 radical (unpaired) electrons. The molecule has 1 N–H and O–H groups in total. The molecule has 0 unspecified atom stereocenters. The van der Waals surface area contributed by atoms with Gasteiger partial charge in [0.1, 0.15) is 0 Å². The lowest BCUT2D eigenvalue weighted by atomic mass is 10.1. The molecule has 0 atom stereocenters. The number of carbonyl (C=O) groups is 1. The lowest BCUT2D eigenvalue weighted by molar-refractivity contribution is 0.0433. The molecule has 0 fully saturated rings. The van der Waals surface area contributed by atoms with E-state index < -0.39 is 0 Å². The van der Waals surface area contributed by atoms with E-state index in [1.807, 2.05) is 18.2 Å². The fraction of sp³-hybridized carbons (Fsp3) is 0.533. The second-order valence-electron chi connectivity index (χ2n) is 4.83. The largest absolute Gasteiger partial charge is 0.462 e. The van der Waals surface area contributed by atoms with Crippen molar-refractivity contribution in [3.8, 4) is 0 Å². The number of hydrogen-bond donors (Lipinski definition) is 1. The second kappa shape index (κ2) is 5.89. The molecule has 1 aromatic rings. The molecule has 0 aromatic heterocycles. The van der Waals surface area contributed by atoms with Crippen molar-refractivity contribution in [3.05, 3.63) is 29.3 Å². The first kappa shape index (κ1) is 12.9. The van der Waals surface area contributed by atoms with Gasteiger partial charge in [0.2, 0.25) is 0 Å². The lowest BCUT2D eigenvalue weighted by Crippen LogP contribution is -2.13. The number of rotatable bonds is 5. The summed E-state index contributed by atoms with van der Waals surface area (Å²) in [5.41, 5.74) is 3.03. The van der Waals surface area contributed by atoms with Gasteiger partial charge in [0, 0.05) is 12.2 Å². The molecule has 18 heavy (non-hydrogen) atoms. The van der Waals surface area contributed by atoms with Crippen molar-refractivity contribution in [2.45, 2.75) is 33.1 Å². The monoisotopic (exact) mass is 247 g/mol. The number of fused-ring (bicyclic) bond motifs is 1. The van der Waals surface area contributed by atoms with E-state index in [0.717, 1.165) is 31.5 Å². The molecule has 3 heteroatoms. The Kier molecular flexibility index (Phi) is 4.24. The third kappa shape index (κ3) is 2.84. The highest BCUT2D eigenvalue weighted by Crippen LogP contribution is 2.23. The van der Waals surface area contributed by atoms with Gasteiger partial charge in [0.05, 0.1) is 12.2 Å². The van der Waals surface area contributed by atoms with E-state index in [-0.39, 0.29) is 5.97 Å². The minimum Gasteiger partial charge on any atom is -0.462 e. The molecule has 0 saturated carbocycles. The fourth-order valence-corrected chi connectivity index (χ4v) is 2.23. The van der Waals surface area contributed by atoms with Gasteiger partial charge < -0.3 is 10.1 Å². The Morgan fingerprint density at radius 3 is 2.89 bits per heavy atom. The molecule has 3 nitrogen and oxygen atoms in total. The first-order chi connectivity index (χ1) is 8.74. The van der Waals surface area contributed by atoms with Crippen molar-refractivity contribution in [1.82, 2.24) is 0 Å². The SMILES string of the molecule is CCC(CC)COC(=O)c1ccc2c(c1)CCN2. The predicted molar refractivity (Wildman–Crippen MR) is 73.0 cm³/mol. The highest BCUT2D eigenvalue weighted by atomic mass is 16.5. The molecule has 1 aliphatic rings. The van der Waals surface area contributed by atoms with E-state index in [1.54, 1.807) is 0 Å². The zero-order valence-electron chi connectivity index (χ0n) is 11.2. The van der Waals surface area contributed by atoms with Crippen LogP contribution in [0.1, 0.15) is 42.6 Å². The fourth-order valence-electron chi connectivity index (χ4n) is 2.23. The number of nitrogens with one attached hydrogen (secondary N) is 1. The molecular weight excluding hydrogens is 226 g/mol. The summed E-state index contributed by atoms with van der Waals surface area (Å²) in [5.74, 6) is 0.279. The van der Waals surface area contributed by atoms with Crippen molar-refractivity contribution < 1.29 is 9.53 Å². The average Bonchev–Trinajstić information content (AvgIpc) is 2.86. The second-order valence-corrected chi connectivity index (χ2v) is 4.83. The maximum atomic E-state index is 11.9. The summed E-state index contributed by atoms with van der Waals surface area (Å²) in [6.45, 7) is 5.74. The molecule has 0 amide bonds. The lowest BCUT2D eigenvalue weighted by Gasteiger charge is -2.12. The number of ether oxygens (including phenoxy) is 1.